The zero-order chi connectivity index (χ0) is 6.97. The molecule has 0 radical (unpaired) electrons. The minimum absolute atomic E-state index is 0.0949. The van der Waals surface area contributed by atoms with Gasteiger partial charge in [-0.25, -0.2) is 0 Å². The summed E-state index contributed by atoms with van der Waals surface area (Å²) in [6.07, 6.45) is 1.88. The highest BCUT2D eigenvalue weighted by Crippen LogP contribution is 2.17. The first-order valence-corrected chi connectivity index (χ1v) is 3.78. The lowest BCUT2D eigenvalue weighted by Crippen LogP contribution is -2.26. The lowest BCUT2D eigenvalue weighted by atomic mass is 10.2. The molecule has 10 heavy (non-hydrogen) atoms. The van der Waals surface area contributed by atoms with E-state index in [1.807, 2.05) is 4.90 Å². The number of amides is 1. The average Bonchev–Trinajstić information content (AvgIpc) is 2.65. The van der Waals surface area contributed by atoms with Crippen molar-refractivity contribution in [2.24, 2.45) is 0 Å². The second-order valence-electron chi connectivity index (χ2n) is 2.83. The standard InChI is InChI=1S/C7H11NO2/c9-7(8-3-4-8)6-2-1-5-10-6/h6H,1-5H2. The lowest BCUT2D eigenvalue weighted by molar-refractivity contribution is -0.135. The van der Waals surface area contributed by atoms with Crippen LogP contribution in [0.1, 0.15) is 12.8 Å². The van der Waals surface area contributed by atoms with Gasteiger partial charge in [-0.05, 0) is 12.8 Å². The van der Waals surface area contributed by atoms with Gasteiger partial charge in [0.05, 0.1) is 0 Å². The molecule has 56 valence electrons. The molecule has 1 atom stereocenters. The molecule has 3 nitrogen and oxygen atoms in total. The van der Waals surface area contributed by atoms with Crippen LogP contribution in [-0.2, 0) is 9.53 Å². The highest BCUT2D eigenvalue weighted by atomic mass is 16.5. The Kier molecular flexibility index (Phi) is 1.38. The number of hydrogen-bond donors (Lipinski definition) is 0. The van der Waals surface area contributed by atoms with Gasteiger partial charge in [-0.1, -0.05) is 0 Å². The Morgan fingerprint density at radius 3 is 2.80 bits per heavy atom. The van der Waals surface area contributed by atoms with Crippen molar-refractivity contribution in [3.05, 3.63) is 0 Å². The molecule has 2 fully saturated rings. The molecule has 2 aliphatic heterocycles. The number of carbonyl (C=O) groups excluding carboxylic acids is 1. The lowest BCUT2D eigenvalue weighted by Gasteiger charge is -2.07. The Balaban J connectivity index is 1.90. The number of carbonyl (C=O) groups is 1. The van der Waals surface area contributed by atoms with Crippen LogP contribution in [0.3, 0.4) is 0 Å². The van der Waals surface area contributed by atoms with Crippen molar-refractivity contribution in [2.45, 2.75) is 18.9 Å². The van der Waals surface area contributed by atoms with Gasteiger partial charge in [-0.2, -0.15) is 0 Å². The maximum Gasteiger partial charge on any atom is 0.251 e. The number of ether oxygens (including phenoxy) is 1. The highest BCUT2D eigenvalue weighted by Gasteiger charge is 2.33. The first-order chi connectivity index (χ1) is 4.88. The van der Waals surface area contributed by atoms with Gasteiger partial charge in [0.15, 0.2) is 0 Å². The fourth-order valence-electron chi connectivity index (χ4n) is 1.25. The SMILES string of the molecule is O=C(C1CCCO1)N1CC1. The van der Waals surface area contributed by atoms with Crippen molar-refractivity contribution in [3.8, 4) is 0 Å². The van der Waals surface area contributed by atoms with Crippen LogP contribution in [-0.4, -0.2) is 36.6 Å². The molecule has 0 aromatic heterocycles. The van der Waals surface area contributed by atoms with E-state index in [4.69, 9.17) is 4.74 Å². The summed E-state index contributed by atoms with van der Waals surface area (Å²) < 4.78 is 5.22. The third kappa shape index (κ3) is 1.01. The first kappa shape index (κ1) is 6.16. The molecular weight excluding hydrogens is 130 g/mol. The van der Waals surface area contributed by atoms with Gasteiger partial charge >= 0.3 is 0 Å². The monoisotopic (exact) mass is 141 g/mol. The molecule has 1 amide bonds. The molecule has 3 heteroatoms. The molecule has 1 unspecified atom stereocenters. The van der Waals surface area contributed by atoms with Gasteiger partial charge in [-0.3, -0.25) is 4.79 Å². The maximum atomic E-state index is 11.2. The molecule has 0 bridgehead atoms. The summed E-state index contributed by atoms with van der Waals surface area (Å²) >= 11 is 0. The molecule has 2 aliphatic rings. The van der Waals surface area contributed by atoms with E-state index in [0.29, 0.717) is 0 Å². The fourth-order valence-corrected chi connectivity index (χ4v) is 1.25. The van der Waals surface area contributed by atoms with Crippen molar-refractivity contribution in [1.29, 1.82) is 0 Å². The summed E-state index contributed by atoms with van der Waals surface area (Å²) in [5.74, 6) is 0.206. The zero-order valence-electron chi connectivity index (χ0n) is 5.88. The van der Waals surface area contributed by atoms with Crippen LogP contribution >= 0.6 is 0 Å². The third-order valence-electron chi connectivity index (χ3n) is 1.96. The predicted octanol–water partition coefficient (Wildman–Crippen LogP) is 0.00760. The van der Waals surface area contributed by atoms with Crippen LogP contribution in [0.25, 0.3) is 0 Å². The Morgan fingerprint density at radius 1 is 1.50 bits per heavy atom. The Hall–Kier alpha value is -0.570. The van der Waals surface area contributed by atoms with Crippen LogP contribution in [0.15, 0.2) is 0 Å². The summed E-state index contributed by atoms with van der Waals surface area (Å²) in [4.78, 5) is 13.0. The van der Waals surface area contributed by atoms with Crippen LogP contribution in [0.5, 0.6) is 0 Å². The summed E-state index contributed by atoms with van der Waals surface area (Å²) in [7, 11) is 0. The quantitative estimate of drug-likeness (QED) is 0.481. The fraction of sp³-hybridized carbons (Fsp3) is 0.857. The molecule has 2 heterocycles. The van der Waals surface area contributed by atoms with Gasteiger partial charge in [0, 0.05) is 19.7 Å². The zero-order valence-corrected chi connectivity index (χ0v) is 5.88. The molecule has 2 rings (SSSR count). The molecule has 0 aliphatic carbocycles. The van der Waals surface area contributed by atoms with E-state index >= 15 is 0 Å². The van der Waals surface area contributed by atoms with Gasteiger partial charge in [0.2, 0.25) is 0 Å². The van der Waals surface area contributed by atoms with Crippen molar-refractivity contribution in [2.75, 3.05) is 19.7 Å². The Bertz CT molecular complexity index is 148. The highest BCUT2D eigenvalue weighted by molar-refractivity contribution is 5.82. The van der Waals surface area contributed by atoms with Crippen LogP contribution in [0.4, 0.5) is 0 Å². The minimum atomic E-state index is -0.0949. The van der Waals surface area contributed by atoms with Gasteiger partial charge in [0.25, 0.3) is 5.91 Å². The summed E-state index contributed by atoms with van der Waals surface area (Å²) in [5, 5.41) is 0. The summed E-state index contributed by atoms with van der Waals surface area (Å²) in [6, 6.07) is 0. The maximum absolute atomic E-state index is 11.2. The molecule has 0 saturated carbocycles. The molecule has 0 N–H and O–H groups in total. The van der Waals surface area contributed by atoms with Gasteiger partial charge < -0.3 is 9.64 Å². The van der Waals surface area contributed by atoms with E-state index in [9.17, 15) is 4.79 Å². The Morgan fingerprint density at radius 2 is 2.30 bits per heavy atom. The van der Waals surface area contributed by atoms with Crippen molar-refractivity contribution in [3.63, 3.8) is 0 Å². The van der Waals surface area contributed by atoms with Crippen molar-refractivity contribution >= 4 is 5.91 Å². The smallest absolute Gasteiger partial charge is 0.251 e. The normalized spacial score (nSPS) is 30.8. The third-order valence-corrected chi connectivity index (χ3v) is 1.96. The van der Waals surface area contributed by atoms with E-state index in [0.717, 1.165) is 32.5 Å². The van der Waals surface area contributed by atoms with Crippen molar-refractivity contribution < 1.29 is 9.53 Å². The molecule has 0 spiro atoms. The number of hydrogen-bond acceptors (Lipinski definition) is 2. The number of nitrogens with zero attached hydrogens (tertiary/aromatic N) is 1. The van der Waals surface area contributed by atoms with Crippen LogP contribution in [0, 0.1) is 0 Å². The predicted molar refractivity (Wildman–Crippen MR) is 35.6 cm³/mol. The van der Waals surface area contributed by atoms with Gasteiger partial charge in [0.1, 0.15) is 6.10 Å². The van der Waals surface area contributed by atoms with E-state index < -0.39 is 0 Å². The molecular formula is C7H11NO2. The molecule has 2 saturated heterocycles. The molecule has 0 aromatic rings. The van der Waals surface area contributed by atoms with E-state index in [-0.39, 0.29) is 12.0 Å². The summed E-state index contributed by atoms with van der Waals surface area (Å²) in [5.41, 5.74) is 0. The van der Waals surface area contributed by atoms with E-state index in [2.05, 4.69) is 0 Å². The van der Waals surface area contributed by atoms with E-state index in [1.165, 1.54) is 0 Å². The largest absolute Gasteiger partial charge is 0.368 e. The minimum Gasteiger partial charge on any atom is -0.368 e. The summed E-state index contributed by atoms with van der Waals surface area (Å²) in [6.45, 7) is 2.65. The number of rotatable bonds is 1. The average molecular weight is 141 g/mol. The van der Waals surface area contributed by atoms with Crippen LogP contribution < -0.4 is 0 Å². The molecule has 0 aromatic carbocycles. The second kappa shape index (κ2) is 2.23. The van der Waals surface area contributed by atoms with Crippen LogP contribution in [0.2, 0.25) is 0 Å². The topological polar surface area (TPSA) is 29.3 Å². The first-order valence-electron chi connectivity index (χ1n) is 3.78. The Labute approximate surface area is 60.0 Å². The van der Waals surface area contributed by atoms with Gasteiger partial charge in [-0.15, -0.1) is 0 Å². The second-order valence-corrected chi connectivity index (χ2v) is 2.83. The van der Waals surface area contributed by atoms with Crippen molar-refractivity contribution in [1.82, 2.24) is 4.90 Å². The van der Waals surface area contributed by atoms with E-state index in [1.54, 1.807) is 0 Å².